The first-order valence-electron chi connectivity index (χ1n) is 5.03. The van der Waals surface area contributed by atoms with Crippen molar-refractivity contribution in [3.05, 3.63) is 29.6 Å². The maximum Gasteiger partial charge on any atom is 0.177 e. The summed E-state index contributed by atoms with van der Waals surface area (Å²) >= 11 is 0. The van der Waals surface area contributed by atoms with E-state index in [1.54, 1.807) is 0 Å². The molecule has 0 aliphatic heterocycles. The van der Waals surface area contributed by atoms with Crippen LogP contribution in [0.15, 0.2) is 18.2 Å². The van der Waals surface area contributed by atoms with E-state index in [0.29, 0.717) is 11.3 Å². The van der Waals surface area contributed by atoms with E-state index in [-0.39, 0.29) is 5.82 Å². The van der Waals surface area contributed by atoms with Gasteiger partial charge in [-0.1, -0.05) is 0 Å². The molecule has 0 radical (unpaired) electrons. The van der Waals surface area contributed by atoms with Crippen molar-refractivity contribution in [1.29, 1.82) is 0 Å². The quantitative estimate of drug-likeness (QED) is 0.443. The number of hydrazine groups is 1. The normalized spacial score (nSPS) is 12.8. The minimum Gasteiger partial charge on any atom is -0.496 e. The fourth-order valence-corrected chi connectivity index (χ4v) is 1.63. The van der Waals surface area contributed by atoms with Crippen molar-refractivity contribution in [2.75, 3.05) is 21.3 Å². The molecule has 96 valence electrons. The number of nitrogens with one attached hydrogen (secondary N) is 1. The summed E-state index contributed by atoms with van der Waals surface area (Å²) in [6, 6.07) is 3.63. The average molecular weight is 244 g/mol. The second-order valence-electron chi connectivity index (χ2n) is 3.37. The number of methoxy groups -OCH3 is 3. The number of halogens is 1. The van der Waals surface area contributed by atoms with Gasteiger partial charge in [-0.2, -0.15) is 0 Å². The molecule has 1 unspecified atom stereocenters. The summed E-state index contributed by atoms with van der Waals surface area (Å²) < 4.78 is 28.6. The third-order valence-corrected chi connectivity index (χ3v) is 2.44. The van der Waals surface area contributed by atoms with Crippen LogP contribution in [0.1, 0.15) is 11.6 Å². The molecule has 0 amide bonds. The van der Waals surface area contributed by atoms with Gasteiger partial charge in [0.1, 0.15) is 17.6 Å². The van der Waals surface area contributed by atoms with Crippen molar-refractivity contribution in [2.45, 2.75) is 12.3 Å². The summed E-state index contributed by atoms with van der Waals surface area (Å²) in [6.45, 7) is 0. The van der Waals surface area contributed by atoms with Crippen LogP contribution in [-0.4, -0.2) is 27.6 Å². The van der Waals surface area contributed by atoms with Gasteiger partial charge >= 0.3 is 0 Å². The molecule has 1 atom stereocenters. The Labute approximate surface area is 99.6 Å². The van der Waals surface area contributed by atoms with Gasteiger partial charge in [-0.3, -0.25) is 5.84 Å². The smallest absolute Gasteiger partial charge is 0.177 e. The van der Waals surface area contributed by atoms with Crippen LogP contribution in [0.25, 0.3) is 0 Å². The number of nitrogens with two attached hydrogens (primary N) is 1. The summed E-state index contributed by atoms with van der Waals surface area (Å²) in [7, 11) is 4.45. The summed E-state index contributed by atoms with van der Waals surface area (Å²) in [4.78, 5) is 0. The lowest BCUT2D eigenvalue weighted by molar-refractivity contribution is -0.124. The van der Waals surface area contributed by atoms with Crippen LogP contribution in [0.4, 0.5) is 4.39 Å². The lowest BCUT2D eigenvalue weighted by Gasteiger charge is -2.25. The van der Waals surface area contributed by atoms with Crippen molar-refractivity contribution in [2.24, 2.45) is 5.84 Å². The number of hydrogen-bond acceptors (Lipinski definition) is 5. The summed E-state index contributed by atoms with van der Waals surface area (Å²) in [6.07, 6.45) is -0.643. The topological polar surface area (TPSA) is 65.7 Å². The first-order valence-corrected chi connectivity index (χ1v) is 5.03. The predicted octanol–water partition coefficient (Wildman–Crippen LogP) is 0.958. The third kappa shape index (κ3) is 3.13. The number of rotatable bonds is 6. The van der Waals surface area contributed by atoms with E-state index in [4.69, 9.17) is 20.1 Å². The van der Waals surface area contributed by atoms with Gasteiger partial charge in [0.25, 0.3) is 0 Å². The van der Waals surface area contributed by atoms with Crippen LogP contribution >= 0.6 is 0 Å². The van der Waals surface area contributed by atoms with Crippen LogP contribution in [0.5, 0.6) is 5.75 Å². The van der Waals surface area contributed by atoms with Gasteiger partial charge in [0, 0.05) is 19.8 Å². The standard InChI is InChI=1S/C11H17FN2O3/c1-15-9-5-4-7(12)6-8(9)10(14-13)11(16-2)17-3/h4-6,10-11,14H,13H2,1-3H3. The van der Waals surface area contributed by atoms with Crippen LogP contribution in [0.2, 0.25) is 0 Å². The Morgan fingerprint density at radius 1 is 1.24 bits per heavy atom. The highest BCUT2D eigenvalue weighted by atomic mass is 19.1. The van der Waals surface area contributed by atoms with E-state index >= 15 is 0 Å². The molecule has 0 saturated heterocycles. The van der Waals surface area contributed by atoms with Crippen molar-refractivity contribution in [3.8, 4) is 5.75 Å². The van der Waals surface area contributed by atoms with Gasteiger partial charge < -0.3 is 14.2 Å². The zero-order chi connectivity index (χ0) is 12.8. The Balaban J connectivity index is 3.13. The van der Waals surface area contributed by atoms with E-state index in [2.05, 4.69) is 5.43 Å². The molecule has 1 aromatic rings. The molecule has 3 N–H and O–H groups in total. The predicted molar refractivity (Wildman–Crippen MR) is 60.8 cm³/mol. The largest absolute Gasteiger partial charge is 0.496 e. The van der Waals surface area contributed by atoms with Gasteiger partial charge in [0.05, 0.1) is 7.11 Å². The lowest BCUT2D eigenvalue weighted by atomic mass is 10.1. The van der Waals surface area contributed by atoms with Crippen molar-refractivity contribution >= 4 is 0 Å². The monoisotopic (exact) mass is 244 g/mol. The lowest BCUT2D eigenvalue weighted by Crippen LogP contribution is -2.38. The van der Waals surface area contributed by atoms with Crippen molar-refractivity contribution in [3.63, 3.8) is 0 Å². The van der Waals surface area contributed by atoms with Gasteiger partial charge in [-0.05, 0) is 18.2 Å². The Morgan fingerprint density at radius 2 is 1.88 bits per heavy atom. The fourth-order valence-electron chi connectivity index (χ4n) is 1.63. The minimum atomic E-state index is -0.643. The molecule has 6 heteroatoms. The van der Waals surface area contributed by atoms with Crippen LogP contribution < -0.4 is 16.0 Å². The van der Waals surface area contributed by atoms with E-state index in [9.17, 15) is 4.39 Å². The number of hydrogen-bond donors (Lipinski definition) is 2. The Hall–Kier alpha value is -1.21. The summed E-state index contributed by atoms with van der Waals surface area (Å²) in [5.74, 6) is 5.57. The molecule has 0 fully saturated rings. The van der Waals surface area contributed by atoms with Crippen molar-refractivity contribution < 1.29 is 18.6 Å². The zero-order valence-electron chi connectivity index (χ0n) is 10.1. The molecule has 0 spiro atoms. The Kier molecular flexibility index (Phi) is 5.30. The van der Waals surface area contributed by atoms with E-state index in [1.165, 1.54) is 39.5 Å². The highest BCUT2D eigenvalue weighted by Gasteiger charge is 2.25. The van der Waals surface area contributed by atoms with Gasteiger partial charge in [-0.15, -0.1) is 0 Å². The molecule has 5 nitrogen and oxygen atoms in total. The molecule has 0 aliphatic carbocycles. The fraction of sp³-hybridized carbons (Fsp3) is 0.455. The molecule has 0 aliphatic rings. The van der Waals surface area contributed by atoms with Crippen LogP contribution in [0, 0.1) is 5.82 Å². The second kappa shape index (κ2) is 6.51. The highest BCUT2D eigenvalue weighted by Crippen LogP contribution is 2.28. The maximum atomic E-state index is 13.2. The summed E-state index contributed by atoms with van der Waals surface area (Å²) in [5.41, 5.74) is 3.06. The van der Waals surface area contributed by atoms with Gasteiger partial charge in [0.2, 0.25) is 0 Å². The Bertz CT molecular complexity index is 359. The first-order chi connectivity index (χ1) is 8.17. The molecule has 0 saturated carbocycles. The molecular weight excluding hydrogens is 227 g/mol. The molecule has 1 rings (SSSR count). The third-order valence-electron chi connectivity index (χ3n) is 2.44. The van der Waals surface area contributed by atoms with Gasteiger partial charge in [-0.25, -0.2) is 9.82 Å². The zero-order valence-corrected chi connectivity index (χ0v) is 10.1. The van der Waals surface area contributed by atoms with Crippen molar-refractivity contribution in [1.82, 2.24) is 5.43 Å². The van der Waals surface area contributed by atoms with Crippen LogP contribution in [-0.2, 0) is 9.47 Å². The van der Waals surface area contributed by atoms with E-state index < -0.39 is 12.3 Å². The first kappa shape index (κ1) is 13.9. The summed E-state index contributed by atoms with van der Waals surface area (Å²) in [5, 5.41) is 0. The number of benzene rings is 1. The second-order valence-corrected chi connectivity index (χ2v) is 3.37. The average Bonchev–Trinajstić information content (AvgIpc) is 2.35. The van der Waals surface area contributed by atoms with Gasteiger partial charge in [0.15, 0.2) is 6.29 Å². The molecule has 17 heavy (non-hydrogen) atoms. The minimum absolute atomic E-state index is 0.382. The molecular formula is C11H17FN2O3. The Morgan fingerprint density at radius 3 is 2.35 bits per heavy atom. The molecule has 0 heterocycles. The molecule has 0 aromatic heterocycles. The molecule has 0 bridgehead atoms. The van der Waals surface area contributed by atoms with E-state index in [0.717, 1.165) is 0 Å². The maximum absolute atomic E-state index is 13.2. The highest BCUT2D eigenvalue weighted by molar-refractivity contribution is 5.36. The van der Waals surface area contributed by atoms with E-state index in [1.807, 2.05) is 0 Å². The SMILES string of the molecule is COc1ccc(F)cc1C(NN)C(OC)OC. The molecule has 1 aromatic carbocycles. The van der Waals surface area contributed by atoms with Crippen LogP contribution in [0.3, 0.4) is 0 Å². The number of ether oxygens (including phenoxy) is 3.